The molecular formula is C15H19F3N4. The molecule has 1 atom stereocenters. The second kappa shape index (κ2) is 6.91. The van der Waals surface area contributed by atoms with Gasteiger partial charge in [-0.05, 0) is 18.6 Å². The Balaban J connectivity index is 2.00. The van der Waals surface area contributed by atoms with E-state index in [0.717, 1.165) is 18.3 Å². The Bertz CT molecular complexity index is 607. The van der Waals surface area contributed by atoms with Crippen molar-refractivity contribution in [3.63, 3.8) is 0 Å². The van der Waals surface area contributed by atoms with Crippen LogP contribution in [0, 0.1) is 0 Å². The van der Waals surface area contributed by atoms with Crippen LogP contribution in [0.15, 0.2) is 30.6 Å². The summed E-state index contributed by atoms with van der Waals surface area (Å²) in [5, 5.41) is 10.9. The van der Waals surface area contributed by atoms with Crippen LogP contribution in [-0.4, -0.2) is 21.3 Å². The van der Waals surface area contributed by atoms with Gasteiger partial charge < -0.3 is 9.88 Å². The van der Waals surface area contributed by atoms with Crippen LogP contribution in [0.25, 0.3) is 0 Å². The van der Waals surface area contributed by atoms with Gasteiger partial charge in [-0.2, -0.15) is 13.2 Å². The van der Waals surface area contributed by atoms with Crippen LogP contribution in [0.2, 0.25) is 0 Å². The number of rotatable bonds is 6. The van der Waals surface area contributed by atoms with Crippen molar-refractivity contribution in [2.24, 2.45) is 0 Å². The van der Waals surface area contributed by atoms with Gasteiger partial charge in [0.1, 0.15) is 12.2 Å². The Morgan fingerprint density at radius 1 is 1.27 bits per heavy atom. The molecule has 0 amide bonds. The van der Waals surface area contributed by atoms with E-state index in [-0.39, 0.29) is 11.6 Å². The lowest BCUT2D eigenvalue weighted by Crippen LogP contribution is -2.25. The highest BCUT2D eigenvalue weighted by Gasteiger charge is 2.33. The summed E-state index contributed by atoms with van der Waals surface area (Å²) in [4.78, 5) is 0. The molecule has 1 heterocycles. The van der Waals surface area contributed by atoms with Gasteiger partial charge in [-0.25, -0.2) is 0 Å². The first-order chi connectivity index (χ1) is 10.4. The van der Waals surface area contributed by atoms with Crippen LogP contribution >= 0.6 is 0 Å². The molecule has 1 N–H and O–H groups in total. The van der Waals surface area contributed by atoms with Crippen LogP contribution in [0.1, 0.15) is 36.8 Å². The van der Waals surface area contributed by atoms with Crippen LogP contribution in [-0.2, 0) is 19.1 Å². The molecule has 7 heteroatoms. The number of hydrogen-bond acceptors (Lipinski definition) is 3. The van der Waals surface area contributed by atoms with Gasteiger partial charge in [-0.1, -0.05) is 25.1 Å². The summed E-state index contributed by atoms with van der Waals surface area (Å²) in [6.07, 6.45) is -1.93. The van der Waals surface area contributed by atoms with E-state index in [4.69, 9.17) is 0 Å². The molecular weight excluding hydrogens is 293 g/mol. The van der Waals surface area contributed by atoms with E-state index in [9.17, 15) is 13.2 Å². The molecule has 2 aromatic rings. The Labute approximate surface area is 127 Å². The summed E-state index contributed by atoms with van der Waals surface area (Å²) >= 11 is 0. The number of nitrogens with one attached hydrogen (secondary N) is 1. The molecule has 2 rings (SSSR count). The smallest absolute Gasteiger partial charge is 0.316 e. The summed E-state index contributed by atoms with van der Waals surface area (Å²) in [6, 6.07) is 5.26. The molecule has 0 radical (unpaired) electrons. The van der Waals surface area contributed by atoms with E-state index in [1.807, 2.05) is 11.5 Å². The van der Waals surface area contributed by atoms with Crippen molar-refractivity contribution in [3.05, 3.63) is 47.5 Å². The van der Waals surface area contributed by atoms with Crippen LogP contribution in [0.4, 0.5) is 13.2 Å². The van der Waals surface area contributed by atoms with E-state index in [2.05, 4.69) is 15.5 Å². The predicted molar refractivity (Wildman–Crippen MR) is 77.3 cm³/mol. The van der Waals surface area contributed by atoms with Gasteiger partial charge in [0, 0.05) is 25.6 Å². The molecule has 0 fully saturated rings. The number of nitrogens with zero attached hydrogens (tertiary/aromatic N) is 3. The molecule has 0 bridgehead atoms. The fourth-order valence-corrected chi connectivity index (χ4v) is 2.38. The molecule has 0 saturated heterocycles. The molecule has 0 aliphatic heterocycles. The van der Waals surface area contributed by atoms with Crippen molar-refractivity contribution in [1.82, 2.24) is 20.1 Å². The van der Waals surface area contributed by atoms with E-state index < -0.39 is 11.7 Å². The third-order valence-corrected chi connectivity index (χ3v) is 3.55. The average molecular weight is 312 g/mol. The summed E-state index contributed by atoms with van der Waals surface area (Å²) in [5.74, 6) is 0.866. The molecule has 1 aromatic carbocycles. The fraction of sp³-hybridized carbons (Fsp3) is 0.467. The first-order valence-corrected chi connectivity index (χ1v) is 7.19. The number of halogens is 3. The molecule has 0 unspecified atom stereocenters. The van der Waals surface area contributed by atoms with E-state index in [1.54, 1.807) is 19.3 Å². The number of aryl methyl sites for hydroxylation is 1. The van der Waals surface area contributed by atoms with E-state index in [1.165, 1.54) is 12.1 Å². The maximum absolute atomic E-state index is 13.0. The minimum atomic E-state index is -4.34. The highest BCUT2D eigenvalue weighted by molar-refractivity contribution is 5.32. The summed E-state index contributed by atoms with van der Waals surface area (Å²) < 4.78 is 40.9. The van der Waals surface area contributed by atoms with Gasteiger partial charge in [0.05, 0.1) is 5.56 Å². The molecule has 0 saturated carbocycles. The van der Waals surface area contributed by atoms with Crippen molar-refractivity contribution < 1.29 is 13.2 Å². The minimum absolute atomic E-state index is 0.259. The van der Waals surface area contributed by atoms with Crippen molar-refractivity contribution >= 4 is 0 Å². The molecule has 120 valence electrons. The zero-order chi connectivity index (χ0) is 16.2. The standard InChI is InChI=1S/C15H19F3N4/c1-3-14-21-20-10-22(14)9-8-19-11(2)12-6-4-5-7-13(12)15(16,17)18/h4-7,10-11,19H,3,8-9H2,1-2H3/t11-/m0/s1. The van der Waals surface area contributed by atoms with Crippen LogP contribution < -0.4 is 5.32 Å². The number of aromatic nitrogens is 3. The number of hydrogen-bond donors (Lipinski definition) is 1. The Morgan fingerprint density at radius 3 is 2.68 bits per heavy atom. The normalized spacial score (nSPS) is 13.3. The average Bonchev–Trinajstić information content (AvgIpc) is 2.93. The van der Waals surface area contributed by atoms with Crippen molar-refractivity contribution in [2.75, 3.05) is 6.54 Å². The minimum Gasteiger partial charge on any atom is -0.316 e. The topological polar surface area (TPSA) is 42.7 Å². The Hall–Kier alpha value is -1.89. The Morgan fingerprint density at radius 2 is 2.00 bits per heavy atom. The van der Waals surface area contributed by atoms with Gasteiger partial charge in [0.25, 0.3) is 0 Å². The largest absolute Gasteiger partial charge is 0.416 e. The first-order valence-electron chi connectivity index (χ1n) is 7.19. The number of benzene rings is 1. The molecule has 0 aliphatic carbocycles. The van der Waals surface area contributed by atoms with E-state index in [0.29, 0.717) is 13.1 Å². The molecule has 0 spiro atoms. The third-order valence-electron chi connectivity index (χ3n) is 3.55. The van der Waals surface area contributed by atoms with Crippen molar-refractivity contribution in [1.29, 1.82) is 0 Å². The lowest BCUT2D eigenvalue weighted by atomic mass is 10.0. The lowest BCUT2D eigenvalue weighted by Gasteiger charge is -2.19. The maximum atomic E-state index is 13.0. The van der Waals surface area contributed by atoms with Crippen molar-refractivity contribution in [2.45, 2.75) is 39.0 Å². The fourth-order valence-electron chi connectivity index (χ4n) is 2.38. The SMILES string of the molecule is CCc1nncn1CCN[C@@H](C)c1ccccc1C(F)(F)F. The summed E-state index contributed by atoms with van der Waals surface area (Å²) in [6.45, 7) is 4.88. The Kier molecular flexibility index (Phi) is 5.18. The van der Waals surface area contributed by atoms with Crippen LogP contribution in [0.5, 0.6) is 0 Å². The molecule has 22 heavy (non-hydrogen) atoms. The van der Waals surface area contributed by atoms with Crippen molar-refractivity contribution in [3.8, 4) is 0 Å². The van der Waals surface area contributed by atoms with Gasteiger partial charge in [-0.15, -0.1) is 10.2 Å². The van der Waals surface area contributed by atoms with Gasteiger partial charge in [0.2, 0.25) is 0 Å². The third kappa shape index (κ3) is 3.85. The maximum Gasteiger partial charge on any atom is 0.416 e. The zero-order valence-corrected chi connectivity index (χ0v) is 12.6. The van der Waals surface area contributed by atoms with Gasteiger partial charge in [-0.3, -0.25) is 0 Å². The lowest BCUT2D eigenvalue weighted by molar-refractivity contribution is -0.138. The second-order valence-electron chi connectivity index (χ2n) is 5.05. The summed E-state index contributed by atoms with van der Waals surface area (Å²) in [5.41, 5.74) is -0.331. The molecule has 4 nitrogen and oxygen atoms in total. The quantitative estimate of drug-likeness (QED) is 0.890. The highest BCUT2D eigenvalue weighted by atomic mass is 19.4. The monoisotopic (exact) mass is 312 g/mol. The zero-order valence-electron chi connectivity index (χ0n) is 12.6. The summed E-state index contributed by atoms with van der Waals surface area (Å²) in [7, 11) is 0. The van der Waals surface area contributed by atoms with Gasteiger partial charge >= 0.3 is 6.18 Å². The first kappa shape index (κ1) is 16.5. The number of alkyl halides is 3. The van der Waals surface area contributed by atoms with Crippen LogP contribution in [0.3, 0.4) is 0 Å². The predicted octanol–water partition coefficient (Wildman–Crippen LogP) is 3.21. The molecule has 1 aromatic heterocycles. The molecule has 0 aliphatic rings. The highest BCUT2D eigenvalue weighted by Crippen LogP contribution is 2.34. The second-order valence-corrected chi connectivity index (χ2v) is 5.05. The van der Waals surface area contributed by atoms with E-state index >= 15 is 0 Å². The van der Waals surface area contributed by atoms with Gasteiger partial charge in [0.15, 0.2) is 0 Å².